The number of carbonyl (C=O) groups is 1. The average Bonchev–Trinajstić information content (AvgIpc) is 1.90. The van der Waals surface area contributed by atoms with Gasteiger partial charge in [-0.25, -0.2) is 0 Å². The molecule has 0 bridgehead atoms. The molecule has 2 N–H and O–H groups in total. The summed E-state index contributed by atoms with van der Waals surface area (Å²) in [4.78, 5) is 10.6. The van der Waals surface area contributed by atoms with Crippen molar-refractivity contribution in [2.75, 3.05) is 0 Å². The number of carbonyl (C=O) groups excluding carboxylic acids is 1. The normalized spacial score (nSPS) is 11.5. The van der Waals surface area contributed by atoms with Crippen LogP contribution in [0.3, 0.4) is 0 Å². The van der Waals surface area contributed by atoms with Crippen molar-refractivity contribution in [2.45, 2.75) is 46.8 Å². The van der Waals surface area contributed by atoms with Gasteiger partial charge in [0.05, 0.1) is 6.10 Å². The number of esters is 1. The fourth-order valence-corrected chi connectivity index (χ4v) is 0.340. The van der Waals surface area contributed by atoms with Crippen molar-refractivity contribution in [1.82, 2.24) is 0 Å². The molecule has 0 heterocycles. The van der Waals surface area contributed by atoms with Crippen molar-refractivity contribution < 1.29 is 9.53 Å². The van der Waals surface area contributed by atoms with Gasteiger partial charge in [-0.05, 0) is 20.8 Å². The van der Waals surface area contributed by atoms with Gasteiger partial charge in [-0.1, -0.05) is 13.8 Å². The molecule has 0 fully saturated rings. The number of ether oxygens (including phenoxy) is 1. The van der Waals surface area contributed by atoms with Gasteiger partial charge in [-0.15, -0.1) is 0 Å². The van der Waals surface area contributed by atoms with E-state index in [2.05, 4.69) is 0 Å². The second kappa shape index (κ2) is 7.54. The van der Waals surface area contributed by atoms with E-state index in [4.69, 9.17) is 10.5 Å². The molecule has 0 aromatic carbocycles. The fourth-order valence-electron chi connectivity index (χ4n) is 0.340. The zero-order chi connectivity index (χ0) is 9.44. The third-order valence-corrected chi connectivity index (χ3v) is 0.724. The van der Waals surface area contributed by atoms with E-state index >= 15 is 0 Å². The molecule has 68 valence electrons. The summed E-state index contributed by atoms with van der Waals surface area (Å²) >= 11 is 0. The fraction of sp³-hybridized carbons (Fsp3) is 0.875. The predicted molar refractivity (Wildman–Crippen MR) is 46.2 cm³/mol. The van der Waals surface area contributed by atoms with Crippen molar-refractivity contribution in [2.24, 2.45) is 5.73 Å². The average molecular weight is 161 g/mol. The highest BCUT2D eigenvalue weighted by Gasteiger charge is 2.09. The van der Waals surface area contributed by atoms with Gasteiger partial charge in [0.2, 0.25) is 0 Å². The molecule has 0 amide bonds. The molecule has 1 unspecified atom stereocenters. The SMILES string of the molecule is CC.CC(C)OC(=O)C(C)N. The van der Waals surface area contributed by atoms with E-state index in [-0.39, 0.29) is 12.1 Å². The molecule has 3 heteroatoms. The molecule has 0 saturated heterocycles. The number of hydrogen-bond acceptors (Lipinski definition) is 3. The van der Waals surface area contributed by atoms with E-state index in [1.165, 1.54) is 0 Å². The Kier molecular flexibility index (Phi) is 8.94. The van der Waals surface area contributed by atoms with Crippen LogP contribution >= 0.6 is 0 Å². The smallest absolute Gasteiger partial charge is 0.322 e. The van der Waals surface area contributed by atoms with E-state index in [0.717, 1.165) is 0 Å². The monoisotopic (exact) mass is 161 g/mol. The lowest BCUT2D eigenvalue weighted by Gasteiger charge is -2.08. The standard InChI is InChI=1S/C6H13NO2.C2H6/c1-4(2)9-6(8)5(3)7;1-2/h4-5H,7H2,1-3H3;1-2H3. The minimum absolute atomic E-state index is 0.0662. The molecule has 3 nitrogen and oxygen atoms in total. The minimum Gasteiger partial charge on any atom is -0.462 e. The first-order valence-electron chi connectivity index (χ1n) is 4.00. The first-order chi connectivity index (χ1) is 5.04. The Labute approximate surface area is 68.9 Å². The molecule has 0 rings (SSSR count). The summed E-state index contributed by atoms with van der Waals surface area (Å²) in [6.07, 6.45) is -0.0662. The van der Waals surface area contributed by atoms with Gasteiger partial charge in [0.15, 0.2) is 0 Å². The molecule has 11 heavy (non-hydrogen) atoms. The topological polar surface area (TPSA) is 52.3 Å². The van der Waals surface area contributed by atoms with Crippen LogP contribution in [0.1, 0.15) is 34.6 Å². The largest absolute Gasteiger partial charge is 0.462 e. The van der Waals surface area contributed by atoms with Crippen molar-refractivity contribution in [3.8, 4) is 0 Å². The van der Waals surface area contributed by atoms with Crippen LogP contribution in [0, 0.1) is 0 Å². The minimum atomic E-state index is -0.507. The van der Waals surface area contributed by atoms with Crippen LogP contribution in [0.25, 0.3) is 0 Å². The summed E-state index contributed by atoms with van der Waals surface area (Å²) < 4.78 is 4.75. The Morgan fingerprint density at radius 1 is 1.27 bits per heavy atom. The molecular weight excluding hydrogens is 142 g/mol. The molecule has 0 aliphatic heterocycles. The summed E-state index contributed by atoms with van der Waals surface area (Å²) in [6, 6.07) is -0.507. The van der Waals surface area contributed by atoms with Gasteiger partial charge in [-0.3, -0.25) is 4.79 Å². The summed E-state index contributed by atoms with van der Waals surface area (Å²) in [6.45, 7) is 9.19. The lowest BCUT2D eigenvalue weighted by molar-refractivity contribution is -0.148. The van der Waals surface area contributed by atoms with Crippen LogP contribution in [0.4, 0.5) is 0 Å². The molecule has 0 spiro atoms. The summed E-state index contributed by atoms with van der Waals surface area (Å²) in [7, 11) is 0. The quantitative estimate of drug-likeness (QED) is 0.621. The summed E-state index contributed by atoms with van der Waals surface area (Å²) in [5.41, 5.74) is 5.21. The number of nitrogens with two attached hydrogens (primary N) is 1. The number of rotatable bonds is 2. The van der Waals surface area contributed by atoms with E-state index in [1.54, 1.807) is 20.8 Å². The molecule has 0 saturated carbocycles. The Bertz CT molecular complexity index is 100. The highest BCUT2D eigenvalue weighted by atomic mass is 16.5. The third-order valence-electron chi connectivity index (χ3n) is 0.724. The maximum Gasteiger partial charge on any atom is 0.322 e. The molecule has 1 atom stereocenters. The Morgan fingerprint density at radius 2 is 1.64 bits per heavy atom. The zero-order valence-corrected chi connectivity index (χ0v) is 8.05. The van der Waals surface area contributed by atoms with Crippen molar-refractivity contribution in [1.29, 1.82) is 0 Å². The lowest BCUT2D eigenvalue weighted by Crippen LogP contribution is -2.30. The molecule has 0 aliphatic rings. The van der Waals surface area contributed by atoms with Gasteiger partial charge in [-0.2, -0.15) is 0 Å². The van der Waals surface area contributed by atoms with Crippen molar-refractivity contribution in [3.05, 3.63) is 0 Å². The van der Waals surface area contributed by atoms with Crippen molar-refractivity contribution >= 4 is 5.97 Å². The maximum absolute atomic E-state index is 10.6. The van der Waals surface area contributed by atoms with Gasteiger partial charge in [0.1, 0.15) is 6.04 Å². The second-order valence-corrected chi connectivity index (χ2v) is 2.27. The Balaban J connectivity index is 0. The molecule has 0 aliphatic carbocycles. The van der Waals surface area contributed by atoms with Gasteiger partial charge in [0, 0.05) is 0 Å². The van der Waals surface area contributed by atoms with Crippen molar-refractivity contribution in [3.63, 3.8) is 0 Å². The van der Waals surface area contributed by atoms with Crippen LogP contribution in [0.15, 0.2) is 0 Å². The highest BCUT2D eigenvalue weighted by molar-refractivity contribution is 5.74. The first kappa shape index (κ1) is 13.1. The second-order valence-electron chi connectivity index (χ2n) is 2.27. The van der Waals surface area contributed by atoms with E-state index in [9.17, 15) is 4.79 Å². The van der Waals surface area contributed by atoms with Crippen LogP contribution in [-0.2, 0) is 9.53 Å². The maximum atomic E-state index is 10.6. The Morgan fingerprint density at radius 3 is 1.73 bits per heavy atom. The number of hydrogen-bond donors (Lipinski definition) is 1. The molecular formula is C8H19NO2. The summed E-state index contributed by atoms with van der Waals surface area (Å²) in [5.74, 6) is -0.343. The third kappa shape index (κ3) is 9.43. The highest BCUT2D eigenvalue weighted by Crippen LogP contribution is 1.90. The van der Waals surface area contributed by atoms with E-state index < -0.39 is 6.04 Å². The summed E-state index contributed by atoms with van der Waals surface area (Å²) in [5, 5.41) is 0. The van der Waals surface area contributed by atoms with Gasteiger partial charge < -0.3 is 10.5 Å². The van der Waals surface area contributed by atoms with E-state index in [1.807, 2.05) is 13.8 Å². The Hall–Kier alpha value is -0.570. The first-order valence-corrected chi connectivity index (χ1v) is 4.00. The zero-order valence-electron chi connectivity index (χ0n) is 8.05. The lowest BCUT2D eigenvalue weighted by atomic mass is 10.4. The molecule has 0 radical (unpaired) electrons. The van der Waals surface area contributed by atoms with E-state index in [0.29, 0.717) is 0 Å². The van der Waals surface area contributed by atoms with Gasteiger partial charge in [0.25, 0.3) is 0 Å². The molecule has 0 aromatic heterocycles. The van der Waals surface area contributed by atoms with Crippen LogP contribution in [-0.4, -0.2) is 18.1 Å². The van der Waals surface area contributed by atoms with Crippen LogP contribution < -0.4 is 5.73 Å². The molecule has 0 aromatic rings. The van der Waals surface area contributed by atoms with Crippen LogP contribution in [0.5, 0.6) is 0 Å². The predicted octanol–water partition coefficient (Wildman–Crippen LogP) is 1.31. The van der Waals surface area contributed by atoms with Gasteiger partial charge >= 0.3 is 5.97 Å². The van der Waals surface area contributed by atoms with Crippen LogP contribution in [0.2, 0.25) is 0 Å².